The van der Waals surface area contributed by atoms with Crippen molar-refractivity contribution in [3.63, 3.8) is 0 Å². The van der Waals surface area contributed by atoms with Gasteiger partial charge in [-0.1, -0.05) is 13.3 Å². The van der Waals surface area contributed by atoms with Gasteiger partial charge >= 0.3 is 0 Å². The molecule has 2 aromatic heterocycles. The molecule has 2 heterocycles. The zero-order chi connectivity index (χ0) is 11.4. The van der Waals surface area contributed by atoms with Crippen LogP contribution in [-0.4, -0.2) is 30.4 Å². The molecule has 6 heteroatoms. The van der Waals surface area contributed by atoms with Crippen molar-refractivity contribution in [1.82, 2.24) is 19.5 Å². The third kappa shape index (κ3) is 2.17. The minimum atomic E-state index is -0.105. The van der Waals surface area contributed by atoms with Crippen LogP contribution in [0.1, 0.15) is 19.8 Å². The highest BCUT2D eigenvalue weighted by Gasteiger charge is 2.09. The predicted octanol–water partition coefficient (Wildman–Crippen LogP) is 1.67. The summed E-state index contributed by atoms with van der Waals surface area (Å²) < 4.78 is 1.60. The number of aromatic nitrogens is 4. The van der Waals surface area contributed by atoms with Crippen LogP contribution in [0.3, 0.4) is 0 Å². The van der Waals surface area contributed by atoms with Gasteiger partial charge in [0.25, 0.3) is 0 Å². The number of aliphatic hydroxyl groups is 1. The fraction of sp³-hybridized carbons (Fsp3) is 0.500. The van der Waals surface area contributed by atoms with E-state index in [1.807, 2.05) is 0 Å². The molecule has 86 valence electrons. The second-order valence-electron chi connectivity index (χ2n) is 3.41. The molecule has 0 bridgehead atoms. The first-order valence-corrected chi connectivity index (χ1v) is 6.25. The summed E-state index contributed by atoms with van der Waals surface area (Å²) >= 11 is 1.69. The molecule has 0 spiro atoms. The van der Waals surface area contributed by atoms with Crippen molar-refractivity contribution in [3.8, 4) is 0 Å². The summed E-state index contributed by atoms with van der Waals surface area (Å²) in [5.41, 5.74) is 1.47. The lowest BCUT2D eigenvalue weighted by molar-refractivity contribution is 0.214. The van der Waals surface area contributed by atoms with Crippen LogP contribution in [0.25, 0.3) is 11.2 Å². The van der Waals surface area contributed by atoms with E-state index >= 15 is 0 Å². The monoisotopic (exact) mass is 238 g/mol. The van der Waals surface area contributed by atoms with Gasteiger partial charge in [-0.3, -0.25) is 4.57 Å². The fourth-order valence-electron chi connectivity index (χ4n) is 1.38. The summed E-state index contributed by atoms with van der Waals surface area (Å²) in [6.07, 6.45) is 5.44. The summed E-state index contributed by atoms with van der Waals surface area (Å²) in [5, 5.41) is 9.98. The van der Waals surface area contributed by atoms with E-state index in [4.69, 9.17) is 5.11 Å². The average Bonchev–Trinajstić information content (AvgIpc) is 2.73. The smallest absolute Gasteiger partial charge is 0.166 e. The molecule has 0 aliphatic heterocycles. The Labute approximate surface area is 97.9 Å². The van der Waals surface area contributed by atoms with Crippen LogP contribution in [0.4, 0.5) is 0 Å². The fourth-order valence-corrected chi connectivity index (χ4v) is 2.41. The summed E-state index contributed by atoms with van der Waals surface area (Å²) in [4.78, 5) is 12.6. The quantitative estimate of drug-likeness (QED) is 0.487. The van der Waals surface area contributed by atoms with Gasteiger partial charge in [0, 0.05) is 0 Å². The van der Waals surface area contributed by atoms with Crippen molar-refractivity contribution in [1.29, 1.82) is 0 Å². The van der Waals surface area contributed by atoms with E-state index < -0.39 is 0 Å². The highest BCUT2D eigenvalue weighted by atomic mass is 32.2. The molecular weight excluding hydrogens is 224 g/mol. The van der Waals surface area contributed by atoms with Crippen molar-refractivity contribution in [2.24, 2.45) is 0 Å². The van der Waals surface area contributed by atoms with E-state index in [2.05, 4.69) is 21.9 Å². The van der Waals surface area contributed by atoms with Gasteiger partial charge in [-0.2, -0.15) is 0 Å². The Morgan fingerprint density at radius 2 is 2.25 bits per heavy atom. The van der Waals surface area contributed by atoms with Crippen LogP contribution in [-0.2, 0) is 6.73 Å². The van der Waals surface area contributed by atoms with Crippen molar-refractivity contribution in [2.45, 2.75) is 31.5 Å². The first kappa shape index (κ1) is 11.3. The lowest BCUT2D eigenvalue weighted by Gasteiger charge is -2.01. The normalized spacial score (nSPS) is 11.1. The molecule has 0 aliphatic carbocycles. The molecular formula is C10H14N4OS. The Bertz CT molecular complexity index is 471. The predicted molar refractivity (Wildman–Crippen MR) is 63.2 cm³/mol. The average molecular weight is 238 g/mol. The molecule has 0 amide bonds. The number of aliphatic hydroxyl groups excluding tert-OH is 1. The molecule has 0 saturated carbocycles. The third-order valence-electron chi connectivity index (χ3n) is 2.26. The van der Waals surface area contributed by atoms with Crippen LogP contribution < -0.4 is 0 Å². The number of unbranched alkanes of at least 4 members (excludes halogenated alkanes) is 1. The maximum absolute atomic E-state index is 9.09. The zero-order valence-electron chi connectivity index (χ0n) is 9.13. The first-order chi connectivity index (χ1) is 7.86. The van der Waals surface area contributed by atoms with Crippen LogP contribution in [0.5, 0.6) is 0 Å². The number of hydrogen-bond acceptors (Lipinski definition) is 5. The van der Waals surface area contributed by atoms with Crippen LogP contribution >= 0.6 is 11.8 Å². The van der Waals surface area contributed by atoms with Crippen LogP contribution in [0.15, 0.2) is 17.7 Å². The molecule has 0 aromatic carbocycles. The second-order valence-corrected chi connectivity index (χ2v) is 4.49. The van der Waals surface area contributed by atoms with Gasteiger partial charge in [-0.15, -0.1) is 11.8 Å². The lowest BCUT2D eigenvalue weighted by Crippen LogP contribution is -1.96. The van der Waals surface area contributed by atoms with E-state index in [1.54, 1.807) is 22.7 Å². The molecule has 0 saturated heterocycles. The van der Waals surface area contributed by atoms with Gasteiger partial charge < -0.3 is 5.11 Å². The number of rotatable bonds is 5. The SMILES string of the molecule is CCCCSc1ncnc2c1ncn2CO. The van der Waals surface area contributed by atoms with E-state index in [0.29, 0.717) is 5.65 Å². The molecule has 0 unspecified atom stereocenters. The van der Waals surface area contributed by atoms with Gasteiger partial charge in [0.15, 0.2) is 5.65 Å². The number of fused-ring (bicyclic) bond motifs is 1. The second kappa shape index (κ2) is 5.27. The standard InChI is InChI=1S/C10H14N4OS/c1-2-3-4-16-10-8-9(11-5-12-10)14(7-15)6-13-8/h5-6,15H,2-4,7H2,1H3. The highest BCUT2D eigenvalue weighted by molar-refractivity contribution is 7.99. The number of imidazole rings is 1. The van der Waals surface area contributed by atoms with Crippen molar-refractivity contribution in [3.05, 3.63) is 12.7 Å². The van der Waals surface area contributed by atoms with E-state index in [9.17, 15) is 0 Å². The Morgan fingerprint density at radius 1 is 1.38 bits per heavy atom. The van der Waals surface area contributed by atoms with Gasteiger partial charge in [0.2, 0.25) is 0 Å². The molecule has 0 fully saturated rings. The summed E-state index contributed by atoms with van der Waals surface area (Å²) in [7, 11) is 0. The molecule has 0 atom stereocenters. The van der Waals surface area contributed by atoms with Gasteiger partial charge in [-0.05, 0) is 12.2 Å². The van der Waals surface area contributed by atoms with Gasteiger partial charge in [-0.25, -0.2) is 15.0 Å². The number of nitrogens with zero attached hydrogens (tertiary/aromatic N) is 4. The zero-order valence-corrected chi connectivity index (χ0v) is 9.94. The van der Waals surface area contributed by atoms with Crippen molar-refractivity contribution in [2.75, 3.05) is 5.75 Å². The van der Waals surface area contributed by atoms with Crippen molar-refractivity contribution < 1.29 is 5.11 Å². The molecule has 1 N–H and O–H groups in total. The summed E-state index contributed by atoms with van der Waals surface area (Å²) in [5.74, 6) is 1.04. The maximum Gasteiger partial charge on any atom is 0.166 e. The molecule has 2 aromatic rings. The topological polar surface area (TPSA) is 63.8 Å². The first-order valence-electron chi connectivity index (χ1n) is 5.26. The minimum absolute atomic E-state index is 0.105. The van der Waals surface area contributed by atoms with Gasteiger partial charge in [0.1, 0.15) is 23.6 Å². The molecule has 2 rings (SSSR count). The van der Waals surface area contributed by atoms with Crippen LogP contribution in [0.2, 0.25) is 0 Å². The highest BCUT2D eigenvalue weighted by Crippen LogP contribution is 2.23. The number of hydrogen-bond donors (Lipinski definition) is 1. The van der Waals surface area contributed by atoms with Crippen LogP contribution in [0, 0.1) is 0 Å². The van der Waals surface area contributed by atoms with Gasteiger partial charge in [0.05, 0.1) is 6.33 Å². The Kier molecular flexibility index (Phi) is 3.74. The molecule has 5 nitrogen and oxygen atoms in total. The molecule has 0 radical (unpaired) electrons. The third-order valence-corrected chi connectivity index (χ3v) is 3.32. The largest absolute Gasteiger partial charge is 0.376 e. The van der Waals surface area contributed by atoms with Crippen molar-refractivity contribution >= 4 is 22.9 Å². The minimum Gasteiger partial charge on any atom is -0.376 e. The number of thioether (sulfide) groups is 1. The molecule has 16 heavy (non-hydrogen) atoms. The summed E-state index contributed by atoms with van der Waals surface area (Å²) in [6.45, 7) is 2.06. The van der Waals surface area contributed by atoms with E-state index in [0.717, 1.165) is 22.7 Å². The maximum atomic E-state index is 9.09. The lowest BCUT2D eigenvalue weighted by atomic mass is 10.4. The van der Waals surface area contributed by atoms with E-state index in [1.165, 1.54) is 12.7 Å². The Hall–Kier alpha value is -1.14. The Morgan fingerprint density at radius 3 is 3.00 bits per heavy atom. The Balaban J connectivity index is 2.28. The molecule has 0 aliphatic rings. The van der Waals surface area contributed by atoms with E-state index in [-0.39, 0.29) is 6.73 Å². The summed E-state index contributed by atoms with van der Waals surface area (Å²) in [6, 6.07) is 0.